The van der Waals surface area contributed by atoms with Gasteiger partial charge in [0, 0.05) is 11.5 Å². The van der Waals surface area contributed by atoms with E-state index in [-0.39, 0.29) is 5.92 Å². The standard InChI is InChI=1S/C24H24O2/c1-26-23-18-9-8-16-22(23)24(25)21(20-14-6-3-7-15-20)17-10-13-19-11-4-2-5-12-19/h2-16,18,21,24-25H,17H2,1H3/b13-10-. The zero-order valence-electron chi connectivity index (χ0n) is 15.0. The van der Waals surface area contributed by atoms with Crippen LogP contribution in [0.2, 0.25) is 0 Å². The molecule has 26 heavy (non-hydrogen) atoms. The number of para-hydroxylation sites is 1. The Balaban J connectivity index is 1.87. The molecule has 0 amide bonds. The number of hydrogen-bond donors (Lipinski definition) is 1. The lowest BCUT2D eigenvalue weighted by molar-refractivity contribution is 0.142. The fourth-order valence-corrected chi connectivity index (χ4v) is 3.19. The first-order valence-corrected chi connectivity index (χ1v) is 8.87. The van der Waals surface area contributed by atoms with Crippen molar-refractivity contribution in [3.05, 3.63) is 108 Å². The van der Waals surface area contributed by atoms with Crippen LogP contribution in [0.5, 0.6) is 5.75 Å². The first kappa shape index (κ1) is 18.0. The molecule has 1 N–H and O–H groups in total. The molecule has 3 rings (SSSR count). The molecule has 2 heteroatoms. The number of hydrogen-bond acceptors (Lipinski definition) is 2. The van der Waals surface area contributed by atoms with Gasteiger partial charge in [0.05, 0.1) is 13.2 Å². The van der Waals surface area contributed by atoms with Crippen molar-refractivity contribution in [2.75, 3.05) is 7.11 Å². The van der Waals surface area contributed by atoms with Crippen molar-refractivity contribution in [1.29, 1.82) is 0 Å². The Morgan fingerprint density at radius 3 is 2.15 bits per heavy atom. The summed E-state index contributed by atoms with van der Waals surface area (Å²) in [6.07, 6.45) is 4.32. The number of ether oxygens (including phenoxy) is 1. The number of aliphatic hydroxyl groups excluding tert-OH is 1. The minimum absolute atomic E-state index is 0.0486. The van der Waals surface area contributed by atoms with Gasteiger partial charge in [-0.05, 0) is 23.6 Å². The van der Waals surface area contributed by atoms with Gasteiger partial charge < -0.3 is 9.84 Å². The van der Waals surface area contributed by atoms with Crippen LogP contribution in [0.15, 0.2) is 91.0 Å². The van der Waals surface area contributed by atoms with Crippen LogP contribution in [0.1, 0.15) is 35.1 Å². The zero-order valence-corrected chi connectivity index (χ0v) is 15.0. The molecule has 0 spiro atoms. The molecular formula is C24H24O2. The second-order valence-corrected chi connectivity index (χ2v) is 6.25. The smallest absolute Gasteiger partial charge is 0.124 e. The van der Waals surface area contributed by atoms with Crippen LogP contribution in [0, 0.1) is 0 Å². The Hall–Kier alpha value is -2.84. The largest absolute Gasteiger partial charge is 0.496 e. The van der Waals surface area contributed by atoms with E-state index in [4.69, 9.17) is 4.74 Å². The third kappa shape index (κ3) is 4.41. The fourth-order valence-electron chi connectivity index (χ4n) is 3.19. The van der Waals surface area contributed by atoms with E-state index >= 15 is 0 Å². The van der Waals surface area contributed by atoms with Crippen LogP contribution in [0.3, 0.4) is 0 Å². The second-order valence-electron chi connectivity index (χ2n) is 6.25. The summed E-state index contributed by atoms with van der Waals surface area (Å²) in [5, 5.41) is 11.1. The van der Waals surface area contributed by atoms with E-state index in [0.717, 1.165) is 23.1 Å². The monoisotopic (exact) mass is 344 g/mol. The van der Waals surface area contributed by atoms with Crippen molar-refractivity contribution in [2.24, 2.45) is 0 Å². The van der Waals surface area contributed by atoms with Crippen molar-refractivity contribution in [3.8, 4) is 5.75 Å². The van der Waals surface area contributed by atoms with Crippen LogP contribution >= 0.6 is 0 Å². The highest BCUT2D eigenvalue weighted by atomic mass is 16.5. The lowest BCUT2D eigenvalue weighted by Crippen LogP contribution is -2.11. The number of methoxy groups -OCH3 is 1. The summed E-state index contributed by atoms with van der Waals surface area (Å²) < 4.78 is 5.45. The molecule has 0 aliphatic rings. The maximum absolute atomic E-state index is 11.1. The van der Waals surface area contributed by atoms with Gasteiger partial charge in [-0.1, -0.05) is 91.0 Å². The number of aliphatic hydroxyl groups is 1. The Labute approximate surface area is 155 Å². The van der Waals surface area contributed by atoms with Crippen LogP contribution in [-0.2, 0) is 0 Å². The molecule has 2 atom stereocenters. The fraction of sp³-hybridized carbons (Fsp3) is 0.167. The lowest BCUT2D eigenvalue weighted by Gasteiger charge is -2.24. The third-order valence-electron chi connectivity index (χ3n) is 4.57. The van der Waals surface area contributed by atoms with E-state index < -0.39 is 6.10 Å². The average Bonchev–Trinajstić information content (AvgIpc) is 2.72. The first-order valence-electron chi connectivity index (χ1n) is 8.87. The van der Waals surface area contributed by atoms with Crippen LogP contribution in [0.4, 0.5) is 0 Å². The van der Waals surface area contributed by atoms with Crippen molar-refractivity contribution in [1.82, 2.24) is 0 Å². The van der Waals surface area contributed by atoms with E-state index in [1.54, 1.807) is 7.11 Å². The average molecular weight is 344 g/mol. The molecule has 0 radical (unpaired) electrons. The molecular weight excluding hydrogens is 320 g/mol. The molecule has 0 heterocycles. The van der Waals surface area contributed by atoms with E-state index in [0.29, 0.717) is 5.75 Å². The summed E-state index contributed by atoms with van der Waals surface area (Å²) in [6.45, 7) is 0. The predicted molar refractivity (Wildman–Crippen MR) is 107 cm³/mol. The van der Waals surface area contributed by atoms with Gasteiger partial charge in [0.2, 0.25) is 0 Å². The van der Waals surface area contributed by atoms with Gasteiger partial charge in [-0.25, -0.2) is 0 Å². The SMILES string of the molecule is COc1ccccc1C(O)C(C/C=C\c1ccccc1)c1ccccc1. The molecule has 0 aliphatic heterocycles. The third-order valence-corrected chi connectivity index (χ3v) is 4.57. The van der Waals surface area contributed by atoms with Gasteiger partial charge in [0.1, 0.15) is 5.75 Å². The quantitative estimate of drug-likeness (QED) is 0.603. The highest BCUT2D eigenvalue weighted by molar-refractivity contribution is 5.49. The van der Waals surface area contributed by atoms with Gasteiger partial charge in [0.25, 0.3) is 0 Å². The maximum atomic E-state index is 11.1. The topological polar surface area (TPSA) is 29.5 Å². The van der Waals surface area contributed by atoms with E-state index in [1.807, 2.05) is 60.7 Å². The summed E-state index contributed by atoms with van der Waals surface area (Å²) in [6, 6.07) is 28.0. The second kappa shape index (κ2) is 9.02. The number of allylic oxidation sites excluding steroid dienone is 1. The van der Waals surface area contributed by atoms with Crippen molar-refractivity contribution in [2.45, 2.75) is 18.4 Å². The van der Waals surface area contributed by atoms with E-state index in [9.17, 15) is 5.11 Å². The summed E-state index contributed by atoms with van der Waals surface area (Å²) in [7, 11) is 1.64. The van der Waals surface area contributed by atoms with Crippen LogP contribution in [-0.4, -0.2) is 12.2 Å². The Morgan fingerprint density at radius 2 is 1.46 bits per heavy atom. The van der Waals surface area contributed by atoms with Gasteiger partial charge in [-0.3, -0.25) is 0 Å². The summed E-state index contributed by atoms with van der Waals surface area (Å²) >= 11 is 0. The molecule has 0 aromatic heterocycles. The van der Waals surface area contributed by atoms with E-state index in [1.165, 1.54) is 0 Å². The van der Waals surface area contributed by atoms with Crippen molar-refractivity contribution >= 4 is 6.08 Å². The molecule has 0 bridgehead atoms. The van der Waals surface area contributed by atoms with Crippen molar-refractivity contribution in [3.63, 3.8) is 0 Å². The Kier molecular flexibility index (Phi) is 6.24. The normalized spacial score (nSPS) is 13.5. The number of benzene rings is 3. The molecule has 3 aromatic rings. The van der Waals surface area contributed by atoms with Crippen LogP contribution in [0.25, 0.3) is 6.08 Å². The highest BCUT2D eigenvalue weighted by Gasteiger charge is 2.24. The Bertz CT molecular complexity index is 825. The molecule has 0 aliphatic carbocycles. The summed E-state index contributed by atoms with van der Waals surface area (Å²) in [5.41, 5.74) is 3.09. The highest BCUT2D eigenvalue weighted by Crippen LogP contribution is 2.38. The molecule has 2 unspecified atom stereocenters. The van der Waals surface area contributed by atoms with Crippen molar-refractivity contribution < 1.29 is 9.84 Å². The first-order chi connectivity index (χ1) is 12.8. The number of rotatable bonds is 7. The minimum Gasteiger partial charge on any atom is -0.496 e. The zero-order chi connectivity index (χ0) is 18.2. The lowest BCUT2D eigenvalue weighted by atomic mass is 9.86. The predicted octanol–water partition coefficient (Wildman–Crippen LogP) is 5.62. The maximum Gasteiger partial charge on any atom is 0.124 e. The molecule has 2 nitrogen and oxygen atoms in total. The van der Waals surface area contributed by atoms with Gasteiger partial charge in [-0.2, -0.15) is 0 Å². The molecule has 132 valence electrons. The summed E-state index contributed by atoms with van der Waals surface area (Å²) in [5.74, 6) is 0.667. The van der Waals surface area contributed by atoms with Gasteiger partial charge in [0.15, 0.2) is 0 Å². The molecule has 3 aromatic carbocycles. The van der Waals surface area contributed by atoms with Gasteiger partial charge in [-0.15, -0.1) is 0 Å². The minimum atomic E-state index is -0.644. The Morgan fingerprint density at radius 1 is 0.846 bits per heavy atom. The molecule has 0 saturated carbocycles. The summed E-state index contributed by atoms with van der Waals surface area (Å²) in [4.78, 5) is 0. The van der Waals surface area contributed by atoms with E-state index in [2.05, 4.69) is 36.4 Å². The molecule has 0 saturated heterocycles. The van der Waals surface area contributed by atoms with Crippen LogP contribution < -0.4 is 4.74 Å². The van der Waals surface area contributed by atoms with Gasteiger partial charge >= 0.3 is 0 Å². The molecule has 0 fully saturated rings.